The van der Waals surface area contributed by atoms with E-state index in [4.69, 9.17) is 10.5 Å². The number of hydrogen-bond donors (Lipinski definition) is 3. The number of carbonyl (C=O) groups is 1. The first kappa shape index (κ1) is 19.1. The maximum atomic E-state index is 11.5. The summed E-state index contributed by atoms with van der Waals surface area (Å²) in [6.45, 7) is 2.41. The number of aromatic nitrogens is 5. The van der Waals surface area contributed by atoms with Crippen molar-refractivity contribution in [1.82, 2.24) is 30.3 Å². The summed E-state index contributed by atoms with van der Waals surface area (Å²) in [7, 11) is 0. The zero-order valence-corrected chi connectivity index (χ0v) is 16.2. The molecule has 4 N–H and O–H groups in total. The van der Waals surface area contributed by atoms with Crippen LogP contribution in [0.2, 0.25) is 0 Å². The van der Waals surface area contributed by atoms with Crippen LogP contribution in [0.4, 0.5) is 22.1 Å². The summed E-state index contributed by atoms with van der Waals surface area (Å²) < 4.78 is 6.50. The highest BCUT2D eigenvalue weighted by Crippen LogP contribution is 2.19. The van der Waals surface area contributed by atoms with E-state index in [1.54, 1.807) is 29.9 Å². The summed E-state index contributed by atoms with van der Waals surface area (Å²) >= 11 is 0. The molecule has 10 nitrogen and oxygen atoms in total. The molecule has 0 radical (unpaired) electrons. The lowest BCUT2D eigenvalue weighted by atomic mass is 10.2. The van der Waals surface area contributed by atoms with Gasteiger partial charge < -0.3 is 21.1 Å². The summed E-state index contributed by atoms with van der Waals surface area (Å²) in [5, 5.41) is 14.2. The topological polar surface area (TPSA) is 133 Å². The van der Waals surface area contributed by atoms with E-state index in [0.717, 1.165) is 16.9 Å². The number of fused-ring (bicyclic) bond motifs is 1. The average Bonchev–Trinajstić information content (AvgIpc) is 3.16. The van der Waals surface area contributed by atoms with E-state index in [-0.39, 0.29) is 0 Å². The number of rotatable bonds is 6. The molecule has 0 atom stereocenters. The second kappa shape index (κ2) is 8.43. The number of benzene rings is 2. The van der Waals surface area contributed by atoms with E-state index in [0.29, 0.717) is 36.0 Å². The molecule has 2 aromatic heterocycles. The highest BCUT2D eigenvalue weighted by Gasteiger charge is 2.11. The van der Waals surface area contributed by atoms with Crippen molar-refractivity contribution in [2.75, 3.05) is 17.7 Å². The summed E-state index contributed by atoms with van der Waals surface area (Å²) in [5.74, 6) is 0.400. The highest BCUT2D eigenvalue weighted by molar-refractivity contribution is 5.73. The second-order valence-electron chi connectivity index (χ2n) is 6.40. The van der Waals surface area contributed by atoms with Crippen molar-refractivity contribution in [1.29, 1.82) is 0 Å². The van der Waals surface area contributed by atoms with Crippen molar-refractivity contribution in [2.45, 2.75) is 13.5 Å². The number of nitrogens with zero attached hydrogens (tertiary/aromatic N) is 5. The Labute approximate surface area is 172 Å². The lowest BCUT2D eigenvalue weighted by Gasteiger charge is -2.08. The lowest BCUT2D eigenvalue weighted by Crippen LogP contribution is -2.23. The standard InChI is InChI=1S/C20H20N8O2/c1-2-30-20(29)23-11-13-5-3-8-16(9-13)28-18-17(26-27-28)12-22-19(25-18)24-15-7-4-6-14(21)10-15/h3-10,12H,2,11,21H2,1H3,(H,23,29)(H,22,24,25). The van der Waals surface area contributed by atoms with Gasteiger partial charge in [-0.25, -0.2) is 9.78 Å². The molecule has 152 valence electrons. The lowest BCUT2D eigenvalue weighted by molar-refractivity contribution is 0.151. The fourth-order valence-corrected chi connectivity index (χ4v) is 2.86. The molecule has 0 bridgehead atoms. The Morgan fingerprint density at radius 3 is 2.90 bits per heavy atom. The number of amides is 1. The predicted octanol–water partition coefficient (Wildman–Crippen LogP) is 2.78. The van der Waals surface area contributed by atoms with Gasteiger partial charge in [-0.1, -0.05) is 23.4 Å². The van der Waals surface area contributed by atoms with Crippen LogP contribution in [0.15, 0.2) is 54.7 Å². The molecule has 2 aromatic carbocycles. The molecule has 1 amide bonds. The minimum absolute atomic E-state index is 0.322. The molecule has 0 aliphatic carbocycles. The Morgan fingerprint density at radius 1 is 1.20 bits per heavy atom. The van der Waals surface area contributed by atoms with Gasteiger partial charge in [-0.2, -0.15) is 9.67 Å². The predicted molar refractivity (Wildman–Crippen MR) is 112 cm³/mol. The molecule has 0 saturated carbocycles. The second-order valence-corrected chi connectivity index (χ2v) is 6.40. The first-order chi connectivity index (χ1) is 14.6. The zero-order chi connectivity index (χ0) is 20.9. The first-order valence-electron chi connectivity index (χ1n) is 9.33. The van der Waals surface area contributed by atoms with Crippen LogP contribution in [0.5, 0.6) is 0 Å². The number of anilines is 3. The number of nitrogens with two attached hydrogens (primary N) is 1. The fourth-order valence-electron chi connectivity index (χ4n) is 2.86. The van der Waals surface area contributed by atoms with E-state index in [2.05, 4.69) is 30.9 Å². The average molecular weight is 404 g/mol. The quantitative estimate of drug-likeness (QED) is 0.418. The molecule has 4 aromatic rings. The van der Waals surface area contributed by atoms with Crippen LogP contribution in [0.3, 0.4) is 0 Å². The smallest absolute Gasteiger partial charge is 0.407 e. The normalized spacial score (nSPS) is 10.7. The molecule has 30 heavy (non-hydrogen) atoms. The molecule has 4 rings (SSSR count). The van der Waals surface area contributed by atoms with Crippen molar-refractivity contribution in [3.05, 3.63) is 60.3 Å². The molecule has 0 saturated heterocycles. The maximum Gasteiger partial charge on any atom is 0.407 e. The number of nitrogens with one attached hydrogen (secondary N) is 2. The minimum Gasteiger partial charge on any atom is -0.450 e. The van der Waals surface area contributed by atoms with Crippen molar-refractivity contribution < 1.29 is 9.53 Å². The van der Waals surface area contributed by atoms with E-state index in [1.807, 2.05) is 36.4 Å². The molecule has 0 unspecified atom stereocenters. The van der Waals surface area contributed by atoms with Crippen molar-refractivity contribution in [3.8, 4) is 5.69 Å². The number of ether oxygens (including phenoxy) is 1. The van der Waals surface area contributed by atoms with E-state index in [9.17, 15) is 4.79 Å². The van der Waals surface area contributed by atoms with Crippen molar-refractivity contribution in [3.63, 3.8) is 0 Å². The van der Waals surface area contributed by atoms with Crippen molar-refractivity contribution in [2.24, 2.45) is 0 Å². The van der Waals surface area contributed by atoms with Crippen LogP contribution < -0.4 is 16.4 Å². The SMILES string of the molecule is CCOC(=O)NCc1cccc(-n2nnc3cnc(Nc4cccc(N)c4)nc32)c1. The largest absolute Gasteiger partial charge is 0.450 e. The minimum atomic E-state index is -0.459. The number of nitrogen functional groups attached to an aromatic ring is 1. The third kappa shape index (κ3) is 4.27. The third-order valence-electron chi connectivity index (χ3n) is 4.20. The van der Waals surface area contributed by atoms with E-state index in [1.165, 1.54) is 0 Å². The van der Waals surface area contributed by atoms with Crippen LogP contribution in [0, 0.1) is 0 Å². The molecule has 0 spiro atoms. The van der Waals surface area contributed by atoms with Crippen LogP contribution in [0.1, 0.15) is 12.5 Å². The molecular formula is C20H20N8O2. The molecule has 10 heteroatoms. The summed E-state index contributed by atoms with van der Waals surface area (Å²) in [6, 6.07) is 14.9. The van der Waals surface area contributed by atoms with Crippen molar-refractivity contribution >= 4 is 34.6 Å². The summed E-state index contributed by atoms with van der Waals surface area (Å²) in [5.41, 5.74) is 9.99. The van der Waals surface area contributed by atoms with Crippen LogP contribution in [-0.2, 0) is 11.3 Å². The monoisotopic (exact) mass is 404 g/mol. The van der Waals surface area contributed by atoms with Gasteiger partial charge in [0.2, 0.25) is 5.95 Å². The Morgan fingerprint density at radius 2 is 2.07 bits per heavy atom. The van der Waals surface area contributed by atoms with Gasteiger partial charge in [-0.15, -0.1) is 5.10 Å². The van der Waals surface area contributed by atoms with E-state index < -0.39 is 6.09 Å². The van der Waals surface area contributed by atoms with Gasteiger partial charge in [0.05, 0.1) is 18.5 Å². The maximum absolute atomic E-state index is 11.5. The molecule has 0 fully saturated rings. The first-order valence-corrected chi connectivity index (χ1v) is 9.33. The van der Waals surface area contributed by atoms with Gasteiger partial charge in [0.15, 0.2) is 11.2 Å². The van der Waals surface area contributed by atoms with Gasteiger partial charge in [0.25, 0.3) is 0 Å². The fraction of sp³-hybridized carbons (Fsp3) is 0.150. The number of carbonyl (C=O) groups excluding carboxylic acids is 1. The Kier molecular flexibility index (Phi) is 5.37. The molecule has 2 heterocycles. The number of alkyl carbamates (subject to hydrolysis) is 1. The summed E-state index contributed by atoms with van der Waals surface area (Å²) in [4.78, 5) is 20.4. The summed E-state index contributed by atoms with van der Waals surface area (Å²) in [6.07, 6.45) is 1.14. The van der Waals surface area contributed by atoms with Crippen LogP contribution in [-0.4, -0.2) is 37.7 Å². The highest BCUT2D eigenvalue weighted by atomic mass is 16.5. The Bertz CT molecular complexity index is 1190. The number of hydrogen-bond acceptors (Lipinski definition) is 8. The Balaban J connectivity index is 1.60. The van der Waals surface area contributed by atoms with Gasteiger partial charge in [-0.05, 0) is 42.8 Å². The third-order valence-corrected chi connectivity index (χ3v) is 4.20. The Hall–Kier alpha value is -4.21. The molecule has 0 aliphatic rings. The van der Waals surface area contributed by atoms with E-state index >= 15 is 0 Å². The van der Waals surface area contributed by atoms with Crippen LogP contribution >= 0.6 is 0 Å². The van der Waals surface area contributed by atoms with Gasteiger partial charge in [0.1, 0.15) is 0 Å². The van der Waals surface area contributed by atoms with Gasteiger partial charge >= 0.3 is 6.09 Å². The van der Waals surface area contributed by atoms with Gasteiger partial charge in [0, 0.05) is 17.9 Å². The van der Waals surface area contributed by atoms with Crippen LogP contribution in [0.25, 0.3) is 16.9 Å². The zero-order valence-electron chi connectivity index (χ0n) is 16.2. The molecule has 0 aliphatic heterocycles. The molecular weight excluding hydrogens is 384 g/mol. The van der Waals surface area contributed by atoms with Gasteiger partial charge in [-0.3, -0.25) is 0 Å².